The Labute approximate surface area is 129 Å². The van der Waals surface area contributed by atoms with Crippen LogP contribution in [0, 0.1) is 13.8 Å². The van der Waals surface area contributed by atoms with E-state index in [1.165, 1.54) is 0 Å². The quantitative estimate of drug-likeness (QED) is 0.886. The van der Waals surface area contributed by atoms with Crippen LogP contribution >= 0.6 is 0 Å². The number of aryl methyl sites for hydroxylation is 3. The predicted molar refractivity (Wildman–Crippen MR) is 83.1 cm³/mol. The Balaban J connectivity index is 1.63. The molecule has 2 unspecified atom stereocenters. The monoisotopic (exact) mass is 299 g/mol. The van der Waals surface area contributed by atoms with Gasteiger partial charge in [0.2, 0.25) is 5.91 Å². The highest BCUT2D eigenvalue weighted by Gasteiger charge is 2.24. The van der Waals surface area contributed by atoms with E-state index in [1.807, 2.05) is 42.8 Å². The van der Waals surface area contributed by atoms with Crippen molar-refractivity contribution >= 4 is 5.91 Å². The number of nitrogens with two attached hydrogens (primary N) is 1. The predicted octanol–water partition coefficient (Wildman–Crippen LogP) is 1.03. The molecule has 0 saturated heterocycles. The van der Waals surface area contributed by atoms with Gasteiger partial charge >= 0.3 is 0 Å². The fourth-order valence-electron chi connectivity index (χ4n) is 2.77. The highest BCUT2D eigenvalue weighted by molar-refractivity contribution is 5.83. The molecule has 0 aliphatic carbocycles. The summed E-state index contributed by atoms with van der Waals surface area (Å²) in [5, 5.41) is 7.37. The Morgan fingerprint density at radius 1 is 1.36 bits per heavy atom. The molecular weight excluding hydrogens is 278 g/mol. The minimum Gasteiger partial charge on any atom is -0.350 e. The van der Waals surface area contributed by atoms with Crippen LogP contribution in [-0.2, 0) is 17.8 Å². The number of rotatable bonds is 3. The summed E-state index contributed by atoms with van der Waals surface area (Å²) in [6.45, 7) is 4.55. The second-order valence-electron chi connectivity index (χ2n) is 5.89. The lowest BCUT2D eigenvalue weighted by Crippen LogP contribution is -2.45. The molecule has 1 amide bonds. The normalized spacial score (nSPS) is 18.6. The van der Waals surface area contributed by atoms with Gasteiger partial charge in [-0.1, -0.05) is 29.8 Å². The van der Waals surface area contributed by atoms with Gasteiger partial charge in [0.05, 0.1) is 6.54 Å². The van der Waals surface area contributed by atoms with Crippen LogP contribution in [0.5, 0.6) is 0 Å². The van der Waals surface area contributed by atoms with Crippen LogP contribution in [0.15, 0.2) is 24.3 Å². The summed E-state index contributed by atoms with van der Waals surface area (Å²) in [6.07, 6.45) is 1.69. The highest BCUT2D eigenvalue weighted by Crippen LogP contribution is 2.15. The number of hydrogen-bond donors (Lipinski definition) is 2. The summed E-state index contributed by atoms with van der Waals surface area (Å²) in [5.74, 6) is 1.62. The van der Waals surface area contributed by atoms with Gasteiger partial charge in [-0.3, -0.25) is 4.79 Å². The number of nitrogens with zero attached hydrogens (tertiary/aromatic N) is 3. The van der Waals surface area contributed by atoms with Gasteiger partial charge in [0.25, 0.3) is 0 Å². The Hall–Kier alpha value is -2.21. The number of aromatic nitrogens is 3. The van der Waals surface area contributed by atoms with Crippen molar-refractivity contribution in [1.82, 2.24) is 20.1 Å². The van der Waals surface area contributed by atoms with Gasteiger partial charge in [-0.05, 0) is 25.8 Å². The number of carbonyl (C=O) groups excluding carboxylic acids is 1. The molecule has 3 N–H and O–H groups in total. The van der Waals surface area contributed by atoms with E-state index in [4.69, 9.17) is 5.73 Å². The molecule has 6 nitrogen and oxygen atoms in total. The first-order valence-corrected chi connectivity index (χ1v) is 7.56. The van der Waals surface area contributed by atoms with Crippen molar-refractivity contribution in [2.75, 3.05) is 0 Å². The van der Waals surface area contributed by atoms with Gasteiger partial charge in [-0.25, -0.2) is 9.67 Å². The molecule has 1 aliphatic rings. The summed E-state index contributed by atoms with van der Waals surface area (Å²) in [7, 11) is 0. The van der Waals surface area contributed by atoms with E-state index in [2.05, 4.69) is 15.4 Å². The van der Waals surface area contributed by atoms with Gasteiger partial charge in [0.1, 0.15) is 17.7 Å². The Bertz CT molecular complexity index is 676. The van der Waals surface area contributed by atoms with Crippen molar-refractivity contribution in [2.45, 2.75) is 45.3 Å². The lowest BCUT2D eigenvalue weighted by atomic mass is 10.0. The molecule has 3 rings (SSSR count). The lowest BCUT2D eigenvalue weighted by molar-refractivity contribution is -0.123. The first kappa shape index (κ1) is 14.7. The van der Waals surface area contributed by atoms with Gasteiger partial charge in [0, 0.05) is 12.5 Å². The maximum absolute atomic E-state index is 12.3. The first-order chi connectivity index (χ1) is 10.5. The molecule has 22 heavy (non-hydrogen) atoms. The minimum absolute atomic E-state index is 0.0533. The van der Waals surface area contributed by atoms with Crippen LogP contribution in [0.25, 0.3) is 0 Å². The number of fused-ring (bicyclic) bond motifs is 1. The standard InChI is InChI=1S/C16H21N5O/c1-10-3-5-12(6-4-10)15(17)16(22)19-13-7-8-14-18-11(2)20-21(14)9-13/h3-6,13,15H,7-9,17H2,1-2H3,(H,19,22). The third-order valence-electron chi connectivity index (χ3n) is 4.03. The van der Waals surface area contributed by atoms with Gasteiger partial charge in [-0.15, -0.1) is 0 Å². The Kier molecular flexibility index (Phi) is 3.94. The van der Waals surface area contributed by atoms with Crippen LogP contribution < -0.4 is 11.1 Å². The number of benzene rings is 1. The molecule has 0 spiro atoms. The topological polar surface area (TPSA) is 85.8 Å². The molecule has 1 aromatic heterocycles. The maximum Gasteiger partial charge on any atom is 0.241 e. The number of carbonyl (C=O) groups is 1. The van der Waals surface area contributed by atoms with Crippen molar-refractivity contribution in [3.8, 4) is 0 Å². The zero-order valence-electron chi connectivity index (χ0n) is 12.9. The lowest BCUT2D eigenvalue weighted by Gasteiger charge is -2.25. The van der Waals surface area contributed by atoms with Crippen molar-refractivity contribution in [1.29, 1.82) is 0 Å². The molecular formula is C16H21N5O. The summed E-state index contributed by atoms with van der Waals surface area (Å²) in [4.78, 5) is 16.7. The number of hydrogen-bond acceptors (Lipinski definition) is 4. The van der Waals surface area contributed by atoms with Crippen LogP contribution in [-0.4, -0.2) is 26.7 Å². The molecule has 1 aromatic carbocycles. The summed E-state index contributed by atoms with van der Waals surface area (Å²) >= 11 is 0. The van der Waals surface area contributed by atoms with Crippen molar-refractivity contribution in [2.24, 2.45) is 5.73 Å². The SMILES string of the molecule is Cc1ccc(C(N)C(=O)NC2CCc3nc(C)nn3C2)cc1. The molecule has 1 aliphatic heterocycles. The van der Waals surface area contributed by atoms with Crippen LogP contribution in [0.4, 0.5) is 0 Å². The zero-order chi connectivity index (χ0) is 15.7. The van der Waals surface area contributed by atoms with Crippen LogP contribution in [0.2, 0.25) is 0 Å². The average Bonchev–Trinajstić information content (AvgIpc) is 2.86. The molecule has 0 bridgehead atoms. The highest BCUT2D eigenvalue weighted by atomic mass is 16.2. The number of nitrogens with one attached hydrogen (secondary N) is 1. The Morgan fingerprint density at radius 2 is 2.09 bits per heavy atom. The van der Waals surface area contributed by atoms with E-state index >= 15 is 0 Å². The van der Waals surface area contributed by atoms with Crippen molar-refractivity contribution < 1.29 is 4.79 Å². The molecule has 0 fully saturated rings. The Morgan fingerprint density at radius 3 is 2.82 bits per heavy atom. The molecule has 116 valence electrons. The zero-order valence-corrected chi connectivity index (χ0v) is 12.9. The summed E-state index contributed by atoms with van der Waals surface area (Å²) in [5.41, 5.74) is 8.04. The van der Waals surface area contributed by atoms with E-state index in [-0.39, 0.29) is 11.9 Å². The fraction of sp³-hybridized carbons (Fsp3) is 0.438. The maximum atomic E-state index is 12.3. The molecule has 0 radical (unpaired) electrons. The van der Waals surface area contributed by atoms with Gasteiger partial charge < -0.3 is 11.1 Å². The smallest absolute Gasteiger partial charge is 0.241 e. The minimum atomic E-state index is -0.639. The molecule has 2 aromatic rings. The fourth-order valence-corrected chi connectivity index (χ4v) is 2.77. The second kappa shape index (κ2) is 5.88. The largest absolute Gasteiger partial charge is 0.350 e. The average molecular weight is 299 g/mol. The van der Waals surface area contributed by atoms with Crippen LogP contribution in [0.1, 0.15) is 35.2 Å². The van der Waals surface area contributed by atoms with E-state index in [0.29, 0.717) is 6.54 Å². The first-order valence-electron chi connectivity index (χ1n) is 7.56. The molecule has 2 heterocycles. The molecule has 0 saturated carbocycles. The third-order valence-corrected chi connectivity index (χ3v) is 4.03. The second-order valence-corrected chi connectivity index (χ2v) is 5.89. The van der Waals surface area contributed by atoms with Gasteiger partial charge in [0.15, 0.2) is 0 Å². The number of amides is 1. The van der Waals surface area contributed by atoms with E-state index in [9.17, 15) is 4.79 Å². The van der Waals surface area contributed by atoms with E-state index in [0.717, 1.165) is 35.6 Å². The summed E-state index contributed by atoms with van der Waals surface area (Å²) < 4.78 is 1.88. The van der Waals surface area contributed by atoms with E-state index in [1.54, 1.807) is 0 Å². The summed E-state index contributed by atoms with van der Waals surface area (Å²) in [6, 6.07) is 7.15. The van der Waals surface area contributed by atoms with Gasteiger partial charge in [-0.2, -0.15) is 5.10 Å². The molecule has 6 heteroatoms. The van der Waals surface area contributed by atoms with E-state index < -0.39 is 6.04 Å². The van der Waals surface area contributed by atoms with Crippen LogP contribution in [0.3, 0.4) is 0 Å². The van der Waals surface area contributed by atoms with Crippen molar-refractivity contribution in [3.05, 3.63) is 47.0 Å². The molecule has 2 atom stereocenters. The third kappa shape index (κ3) is 3.01. The van der Waals surface area contributed by atoms with Crippen molar-refractivity contribution in [3.63, 3.8) is 0 Å².